The molecule has 3 aromatic rings. The zero-order valence-corrected chi connectivity index (χ0v) is 10.6. The van der Waals surface area contributed by atoms with Crippen molar-refractivity contribution >= 4 is 28.2 Å². The van der Waals surface area contributed by atoms with Crippen LogP contribution in [0.2, 0.25) is 0 Å². The third-order valence-electron chi connectivity index (χ3n) is 2.34. The van der Waals surface area contributed by atoms with Crippen LogP contribution in [0.15, 0.2) is 43.0 Å². The lowest BCUT2D eigenvalue weighted by molar-refractivity contribution is 0.675. The van der Waals surface area contributed by atoms with E-state index in [0.29, 0.717) is 6.54 Å². The van der Waals surface area contributed by atoms with E-state index in [1.54, 1.807) is 0 Å². The summed E-state index contributed by atoms with van der Waals surface area (Å²) >= 11 is 2.25. The monoisotopic (exact) mass is 324 g/mol. The quantitative estimate of drug-likeness (QED) is 0.678. The minimum absolute atomic E-state index is 0.713. The first-order chi connectivity index (χ1) is 7.81. The third kappa shape index (κ3) is 1.82. The fourth-order valence-corrected chi connectivity index (χ4v) is 2.10. The van der Waals surface area contributed by atoms with Gasteiger partial charge in [-0.15, -0.1) is 0 Å². The van der Waals surface area contributed by atoms with E-state index in [2.05, 4.69) is 32.7 Å². The summed E-state index contributed by atoms with van der Waals surface area (Å²) in [5, 5.41) is 4.24. The average molecular weight is 324 g/mol. The fourth-order valence-electron chi connectivity index (χ4n) is 1.65. The van der Waals surface area contributed by atoms with Crippen molar-refractivity contribution in [2.75, 3.05) is 0 Å². The Bertz CT molecular complexity index is 592. The van der Waals surface area contributed by atoms with Crippen LogP contribution in [-0.4, -0.2) is 19.2 Å². The Balaban J connectivity index is 1.95. The highest BCUT2D eigenvalue weighted by atomic mass is 127. The average Bonchev–Trinajstić information content (AvgIpc) is 2.84. The molecule has 0 aliphatic carbocycles. The van der Waals surface area contributed by atoms with Crippen molar-refractivity contribution in [1.82, 2.24) is 19.2 Å². The van der Waals surface area contributed by atoms with Crippen LogP contribution in [0.25, 0.3) is 5.65 Å². The molecule has 3 aromatic heterocycles. The van der Waals surface area contributed by atoms with Gasteiger partial charge < -0.3 is 4.40 Å². The van der Waals surface area contributed by atoms with Crippen molar-refractivity contribution in [3.05, 3.63) is 52.3 Å². The summed E-state index contributed by atoms with van der Waals surface area (Å²) in [5.74, 6) is 0. The summed E-state index contributed by atoms with van der Waals surface area (Å²) < 4.78 is 5.05. The van der Waals surface area contributed by atoms with Crippen molar-refractivity contribution in [2.24, 2.45) is 0 Å². The molecule has 0 atom stereocenters. The first-order valence-electron chi connectivity index (χ1n) is 4.92. The van der Waals surface area contributed by atoms with Gasteiger partial charge >= 0.3 is 0 Å². The molecule has 0 saturated heterocycles. The minimum atomic E-state index is 0.713. The van der Waals surface area contributed by atoms with Crippen LogP contribution in [-0.2, 0) is 6.54 Å². The van der Waals surface area contributed by atoms with Crippen molar-refractivity contribution < 1.29 is 0 Å². The predicted octanol–water partition coefficient (Wildman–Crippen LogP) is 2.18. The second-order valence-electron chi connectivity index (χ2n) is 3.55. The number of hydrogen-bond donors (Lipinski definition) is 0. The first-order valence-corrected chi connectivity index (χ1v) is 6.00. The Morgan fingerprint density at radius 1 is 1.25 bits per heavy atom. The summed E-state index contributed by atoms with van der Waals surface area (Å²) in [7, 11) is 0. The van der Waals surface area contributed by atoms with Gasteiger partial charge in [0.15, 0.2) is 0 Å². The third-order valence-corrected chi connectivity index (χ3v) is 2.90. The molecular weight excluding hydrogens is 315 g/mol. The zero-order chi connectivity index (χ0) is 11.0. The maximum absolute atomic E-state index is 4.52. The molecule has 4 nitrogen and oxygen atoms in total. The van der Waals surface area contributed by atoms with E-state index < -0.39 is 0 Å². The van der Waals surface area contributed by atoms with Gasteiger partial charge in [0.2, 0.25) is 0 Å². The largest absolute Gasteiger partial charge is 0.307 e. The van der Waals surface area contributed by atoms with Crippen LogP contribution in [0.5, 0.6) is 0 Å². The summed E-state index contributed by atoms with van der Waals surface area (Å²) in [6, 6.07) is 5.98. The molecular formula is C11H9IN4. The van der Waals surface area contributed by atoms with Crippen molar-refractivity contribution in [1.29, 1.82) is 0 Å². The van der Waals surface area contributed by atoms with E-state index in [1.807, 2.05) is 52.1 Å². The Kier molecular flexibility index (Phi) is 2.39. The summed E-state index contributed by atoms with van der Waals surface area (Å²) in [4.78, 5) is 4.52. The van der Waals surface area contributed by atoms with Crippen LogP contribution in [0, 0.1) is 3.57 Å². The van der Waals surface area contributed by atoms with E-state index in [0.717, 1.165) is 14.9 Å². The van der Waals surface area contributed by atoms with Crippen LogP contribution in [0.1, 0.15) is 5.69 Å². The molecule has 0 unspecified atom stereocenters. The summed E-state index contributed by atoms with van der Waals surface area (Å²) in [6.45, 7) is 0.713. The van der Waals surface area contributed by atoms with Gasteiger partial charge in [-0.05, 0) is 34.7 Å². The number of aromatic nitrogens is 4. The van der Waals surface area contributed by atoms with Gasteiger partial charge in [0.1, 0.15) is 5.65 Å². The highest BCUT2D eigenvalue weighted by molar-refractivity contribution is 14.1. The SMILES string of the molecule is Ic1cnn(Cc2cn3ccccc3n2)c1. The van der Waals surface area contributed by atoms with Crippen molar-refractivity contribution in [3.63, 3.8) is 0 Å². The van der Waals surface area contributed by atoms with Gasteiger partial charge in [-0.2, -0.15) is 5.10 Å². The molecule has 0 fully saturated rings. The number of hydrogen-bond acceptors (Lipinski definition) is 2. The lowest BCUT2D eigenvalue weighted by Crippen LogP contribution is -1.99. The molecule has 0 aliphatic heterocycles. The molecule has 0 aromatic carbocycles. The molecule has 0 spiro atoms. The second kappa shape index (κ2) is 3.89. The van der Waals surface area contributed by atoms with Crippen LogP contribution >= 0.6 is 22.6 Å². The lowest BCUT2D eigenvalue weighted by Gasteiger charge is -1.95. The molecule has 0 radical (unpaired) electrons. The molecule has 0 N–H and O–H groups in total. The van der Waals surface area contributed by atoms with Crippen LogP contribution in [0.3, 0.4) is 0 Å². The molecule has 0 saturated carbocycles. The highest BCUT2D eigenvalue weighted by Gasteiger charge is 2.02. The molecule has 3 rings (SSSR count). The number of pyridine rings is 1. The first kappa shape index (κ1) is 9.83. The van der Waals surface area contributed by atoms with Crippen molar-refractivity contribution in [2.45, 2.75) is 6.54 Å². The molecule has 0 aliphatic rings. The van der Waals surface area contributed by atoms with Gasteiger partial charge in [-0.1, -0.05) is 6.07 Å². The van der Waals surface area contributed by atoms with E-state index in [4.69, 9.17) is 0 Å². The van der Waals surface area contributed by atoms with E-state index in [-0.39, 0.29) is 0 Å². The topological polar surface area (TPSA) is 35.1 Å². The Labute approximate surface area is 106 Å². The van der Waals surface area contributed by atoms with Gasteiger partial charge in [0, 0.05) is 18.6 Å². The lowest BCUT2D eigenvalue weighted by atomic mass is 10.5. The van der Waals surface area contributed by atoms with Crippen LogP contribution < -0.4 is 0 Å². The molecule has 0 amide bonds. The number of halogens is 1. The van der Waals surface area contributed by atoms with Gasteiger partial charge in [0.25, 0.3) is 0 Å². The Hall–Kier alpha value is -1.37. The fraction of sp³-hybridized carbons (Fsp3) is 0.0909. The Morgan fingerprint density at radius 3 is 2.94 bits per heavy atom. The van der Waals surface area contributed by atoms with Gasteiger partial charge in [0.05, 0.1) is 22.0 Å². The molecule has 3 heterocycles. The van der Waals surface area contributed by atoms with E-state index >= 15 is 0 Å². The number of fused-ring (bicyclic) bond motifs is 1. The maximum atomic E-state index is 4.52. The Morgan fingerprint density at radius 2 is 2.19 bits per heavy atom. The maximum Gasteiger partial charge on any atom is 0.137 e. The molecule has 80 valence electrons. The minimum Gasteiger partial charge on any atom is -0.307 e. The molecule has 5 heteroatoms. The second-order valence-corrected chi connectivity index (χ2v) is 4.80. The number of imidazole rings is 1. The molecule has 16 heavy (non-hydrogen) atoms. The van der Waals surface area contributed by atoms with Crippen LogP contribution in [0.4, 0.5) is 0 Å². The van der Waals surface area contributed by atoms with E-state index in [1.165, 1.54) is 0 Å². The summed E-state index contributed by atoms with van der Waals surface area (Å²) in [5.41, 5.74) is 1.99. The van der Waals surface area contributed by atoms with Gasteiger partial charge in [-0.3, -0.25) is 4.68 Å². The predicted molar refractivity (Wildman–Crippen MR) is 69.2 cm³/mol. The molecule has 0 bridgehead atoms. The number of nitrogens with zero attached hydrogens (tertiary/aromatic N) is 4. The number of rotatable bonds is 2. The van der Waals surface area contributed by atoms with Crippen molar-refractivity contribution in [3.8, 4) is 0 Å². The highest BCUT2D eigenvalue weighted by Crippen LogP contribution is 2.07. The van der Waals surface area contributed by atoms with E-state index in [9.17, 15) is 0 Å². The normalized spacial score (nSPS) is 11.1. The smallest absolute Gasteiger partial charge is 0.137 e. The standard InChI is InChI=1S/C11H9IN4/c12-9-5-13-16(6-9)8-10-7-15-4-2-1-3-11(15)14-10/h1-7H,8H2. The zero-order valence-electron chi connectivity index (χ0n) is 8.42. The van der Waals surface area contributed by atoms with Gasteiger partial charge in [-0.25, -0.2) is 4.98 Å². The summed E-state index contributed by atoms with van der Waals surface area (Å²) in [6.07, 6.45) is 7.88.